The van der Waals surface area contributed by atoms with Gasteiger partial charge in [0.2, 0.25) is 0 Å². The molecule has 0 fully saturated rings. The van der Waals surface area contributed by atoms with Crippen molar-refractivity contribution in [2.24, 2.45) is 0 Å². The Labute approximate surface area is 199 Å². The van der Waals surface area contributed by atoms with Crippen LogP contribution in [0.1, 0.15) is 42.5 Å². The van der Waals surface area contributed by atoms with Crippen LogP contribution in [-0.2, 0) is 9.47 Å². The quantitative estimate of drug-likeness (QED) is 0.225. The summed E-state index contributed by atoms with van der Waals surface area (Å²) in [5.74, 6) is -1.06. The summed E-state index contributed by atoms with van der Waals surface area (Å²) in [5.41, 5.74) is 3.67. The lowest BCUT2D eigenvalue weighted by Gasteiger charge is -2.13. The van der Waals surface area contributed by atoms with E-state index in [0.29, 0.717) is 27.7 Å². The number of ether oxygens (including phenoxy) is 2. The van der Waals surface area contributed by atoms with Gasteiger partial charge in [0.25, 0.3) is 0 Å². The smallest absolute Gasteiger partial charge is 0.337 e. The van der Waals surface area contributed by atoms with Gasteiger partial charge in [-0.15, -0.1) is 10.2 Å². The van der Waals surface area contributed by atoms with E-state index in [-0.39, 0.29) is 22.7 Å². The Morgan fingerprint density at radius 1 is 0.941 bits per heavy atom. The summed E-state index contributed by atoms with van der Waals surface area (Å²) in [6.07, 6.45) is 1.85. The molecule has 1 aromatic carbocycles. The molecule has 0 saturated heterocycles. The Morgan fingerprint density at radius 2 is 1.62 bits per heavy atom. The minimum Gasteiger partial charge on any atom is -0.465 e. The highest BCUT2D eigenvalue weighted by molar-refractivity contribution is 7.99. The van der Waals surface area contributed by atoms with Crippen molar-refractivity contribution in [3.63, 3.8) is 0 Å². The van der Waals surface area contributed by atoms with Crippen LogP contribution < -0.4 is 0 Å². The van der Waals surface area contributed by atoms with Crippen LogP contribution in [0.5, 0.6) is 0 Å². The first kappa shape index (κ1) is 23.2. The normalized spacial score (nSPS) is 10.9. The molecule has 0 bridgehead atoms. The molecule has 4 aromatic rings. The second-order valence-corrected chi connectivity index (χ2v) is 8.44. The average Bonchev–Trinajstić information content (AvgIpc) is 3.40. The predicted molar refractivity (Wildman–Crippen MR) is 126 cm³/mol. The zero-order chi connectivity index (χ0) is 24.4. The van der Waals surface area contributed by atoms with E-state index in [1.807, 2.05) is 47.2 Å². The lowest BCUT2D eigenvalue weighted by atomic mass is 10.1. The second kappa shape index (κ2) is 9.52. The molecule has 4 rings (SSSR count). The molecule has 0 amide bonds. The minimum atomic E-state index is -0.581. The zero-order valence-electron chi connectivity index (χ0n) is 19.1. The number of thioether (sulfide) groups is 1. The standard InChI is InChI=1S/C24H22N4O5S/c1-14-9-19(20(29)13-34-24-26-25-21-7-5-6-8-27(21)24)15(2)28(14)18-11-16(22(30)32-3)10-17(12-18)23(31)33-4/h5-12H,13H2,1-4H3. The maximum absolute atomic E-state index is 13.1. The summed E-state index contributed by atoms with van der Waals surface area (Å²) in [6.45, 7) is 3.67. The van der Waals surface area contributed by atoms with Gasteiger partial charge in [0.1, 0.15) is 0 Å². The number of benzene rings is 1. The summed E-state index contributed by atoms with van der Waals surface area (Å²) in [5, 5.41) is 8.89. The van der Waals surface area contributed by atoms with Gasteiger partial charge in [-0.2, -0.15) is 0 Å². The van der Waals surface area contributed by atoms with E-state index in [9.17, 15) is 14.4 Å². The lowest BCUT2D eigenvalue weighted by Crippen LogP contribution is -2.10. The maximum Gasteiger partial charge on any atom is 0.337 e. The largest absolute Gasteiger partial charge is 0.465 e. The number of methoxy groups -OCH3 is 2. The molecule has 0 spiro atoms. The molecule has 0 unspecified atom stereocenters. The number of hydrogen-bond donors (Lipinski definition) is 0. The summed E-state index contributed by atoms with van der Waals surface area (Å²) in [6, 6.07) is 12.0. The van der Waals surface area contributed by atoms with Crippen molar-refractivity contribution in [2.45, 2.75) is 19.0 Å². The number of pyridine rings is 1. The Hall–Kier alpha value is -3.92. The van der Waals surface area contributed by atoms with E-state index >= 15 is 0 Å². The highest BCUT2D eigenvalue weighted by Crippen LogP contribution is 2.26. The van der Waals surface area contributed by atoms with Crippen LogP contribution in [-0.4, -0.2) is 56.9 Å². The van der Waals surface area contributed by atoms with Crippen LogP contribution >= 0.6 is 11.8 Å². The molecule has 0 saturated carbocycles. The van der Waals surface area contributed by atoms with Gasteiger partial charge >= 0.3 is 11.9 Å². The van der Waals surface area contributed by atoms with Crippen LogP contribution in [0.25, 0.3) is 11.3 Å². The van der Waals surface area contributed by atoms with Crippen molar-refractivity contribution in [2.75, 3.05) is 20.0 Å². The Morgan fingerprint density at radius 3 is 2.26 bits per heavy atom. The minimum absolute atomic E-state index is 0.0747. The number of carbonyl (C=O) groups excluding carboxylic acids is 3. The molecule has 174 valence electrons. The summed E-state index contributed by atoms with van der Waals surface area (Å²) in [7, 11) is 2.54. The molecule has 0 N–H and O–H groups in total. The second-order valence-electron chi connectivity index (χ2n) is 7.50. The van der Waals surface area contributed by atoms with E-state index in [0.717, 1.165) is 5.69 Å². The number of fused-ring (bicyclic) bond motifs is 1. The molecule has 3 heterocycles. The third kappa shape index (κ3) is 4.32. The topological polar surface area (TPSA) is 105 Å². The molecule has 9 nitrogen and oxygen atoms in total. The van der Waals surface area contributed by atoms with Crippen molar-refractivity contribution in [1.82, 2.24) is 19.2 Å². The molecule has 10 heteroatoms. The number of hydrogen-bond acceptors (Lipinski definition) is 8. The molecule has 0 aliphatic carbocycles. The Bertz CT molecular complexity index is 1390. The first-order valence-electron chi connectivity index (χ1n) is 10.3. The average molecular weight is 479 g/mol. The number of rotatable bonds is 7. The summed E-state index contributed by atoms with van der Waals surface area (Å²) < 4.78 is 13.3. The first-order valence-corrected chi connectivity index (χ1v) is 11.3. The van der Waals surface area contributed by atoms with E-state index < -0.39 is 11.9 Å². The number of nitrogens with zero attached hydrogens (tertiary/aromatic N) is 4. The van der Waals surface area contributed by atoms with Gasteiger partial charge in [-0.05, 0) is 50.2 Å². The number of ketones is 1. The third-order valence-electron chi connectivity index (χ3n) is 5.36. The van der Waals surface area contributed by atoms with E-state index in [4.69, 9.17) is 9.47 Å². The first-order chi connectivity index (χ1) is 16.3. The number of aryl methyl sites for hydroxylation is 1. The fourth-order valence-electron chi connectivity index (χ4n) is 3.78. The molecule has 0 aliphatic heterocycles. The monoisotopic (exact) mass is 478 g/mol. The maximum atomic E-state index is 13.1. The van der Waals surface area contributed by atoms with Crippen molar-refractivity contribution in [1.29, 1.82) is 0 Å². The lowest BCUT2D eigenvalue weighted by molar-refractivity contribution is 0.0599. The molecular formula is C24H22N4O5S. The van der Waals surface area contributed by atoms with Gasteiger partial charge in [0.05, 0.1) is 31.1 Å². The Balaban J connectivity index is 1.66. The van der Waals surface area contributed by atoms with Crippen molar-refractivity contribution in [3.05, 3.63) is 76.7 Å². The van der Waals surface area contributed by atoms with Gasteiger partial charge < -0.3 is 14.0 Å². The van der Waals surface area contributed by atoms with Gasteiger partial charge in [-0.25, -0.2) is 9.59 Å². The fourth-order valence-corrected chi connectivity index (χ4v) is 4.59. The molecular weight excluding hydrogens is 456 g/mol. The highest BCUT2D eigenvalue weighted by atomic mass is 32.2. The van der Waals surface area contributed by atoms with Crippen LogP contribution in [0.15, 0.2) is 53.8 Å². The van der Waals surface area contributed by atoms with Crippen molar-refractivity contribution < 1.29 is 23.9 Å². The van der Waals surface area contributed by atoms with Crippen LogP contribution in [0.3, 0.4) is 0 Å². The molecule has 0 radical (unpaired) electrons. The van der Waals surface area contributed by atoms with Crippen LogP contribution in [0, 0.1) is 13.8 Å². The van der Waals surface area contributed by atoms with Crippen LogP contribution in [0.4, 0.5) is 0 Å². The van der Waals surface area contributed by atoms with Gasteiger partial charge in [-0.1, -0.05) is 17.8 Å². The summed E-state index contributed by atoms with van der Waals surface area (Å²) >= 11 is 1.31. The number of carbonyl (C=O) groups is 3. The van der Waals surface area contributed by atoms with Gasteiger partial charge in [0.15, 0.2) is 16.6 Å². The van der Waals surface area contributed by atoms with E-state index in [1.54, 1.807) is 18.2 Å². The number of aromatic nitrogens is 4. The molecule has 34 heavy (non-hydrogen) atoms. The SMILES string of the molecule is COC(=O)c1cc(C(=O)OC)cc(-n2c(C)cc(C(=O)CSc3nnc4ccccn34)c2C)c1. The zero-order valence-corrected chi connectivity index (χ0v) is 19.9. The van der Waals surface area contributed by atoms with Crippen LogP contribution in [0.2, 0.25) is 0 Å². The van der Waals surface area contributed by atoms with Gasteiger partial charge in [0, 0.05) is 28.8 Å². The third-order valence-corrected chi connectivity index (χ3v) is 6.31. The highest BCUT2D eigenvalue weighted by Gasteiger charge is 2.21. The van der Waals surface area contributed by atoms with Crippen molar-refractivity contribution in [3.8, 4) is 5.69 Å². The predicted octanol–water partition coefficient (Wildman–Crippen LogP) is 3.69. The molecule has 3 aromatic heterocycles. The molecule has 0 aliphatic rings. The fraction of sp³-hybridized carbons (Fsp3) is 0.208. The van der Waals surface area contributed by atoms with E-state index in [1.165, 1.54) is 32.0 Å². The summed E-state index contributed by atoms with van der Waals surface area (Å²) in [4.78, 5) is 37.5. The Kier molecular flexibility index (Phi) is 6.51. The van der Waals surface area contributed by atoms with Gasteiger partial charge in [-0.3, -0.25) is 9.20 Å². The number of esters is 2. The van der Waals surface area contributed by atoms with E-state index in [2.05, 4.69) is 10.2 Å². The van der Waals surface area contributed by atoms with Crippen molar-refractivity contribution >= 4 is 35.1 Å². The number of Topliss-reactive ketones (excluding diaryl/α,β-unsaturated/α-hetero) is 1. The molecule has 0 atom stereocenters.